The van der Waals surface area contributed by atoms with Crippen LogP contribution >= 0.6 is 0 Å². The van der Waals surface area contributed by atoms with Gasteiger partial charge in [-0.15, -0.1) is 0 Å². The SMILES string of the molecule is CC12CCC=NC1C(c1ccc([C@H]3CC34CCN(C(=O)[C@H]3CCCO3)CC4)cc1)CC(C(=O)O)C2. The van der Waals surface area contributed by atoms with E-state index < -0.39 is 5.97 Å². The fourth-order valence-corrected chi connectivity index (χ4v) is 7.81. The predicted molar refractivity (Wildman–Crippen MR) is 134 cm³/mol. The molecule has 2 saturated carbocycles. The average Bonchev–Trinajstić information content (AvgIpc) is 3.28. The van der Waals surface area contributed by atoms with Crippen molar-refractivity contribution in [1.29, 1.82) is 0 Å². The van der Waals surface area contributed by atoms with Crippen LogP contribution in [-0.4, -0.2) is 59.9 Å². The molecule has 0 aromatic heterocycles. The highest BCUT2D eigenvalue weighted by molar-refractivity contribution is 5.81. The number of rotatable bonds is 4. The van der Waals surface area contributed by atoms with Crippen molar-refractivity contribution in [2.75, 3.05) is 19.7 Å². The third-order valence-corrected chi connectivity index (χ3v) is 10.0. The second kappa shape index (κ2) is 8.72. The van der Waals surface area contributed by atoms with Crippen LogP contribution in [0.15, 0.2) is 29.3 Å². The minimum Gasteiger partial charge on any atom is -0.481 e. The molecular formula is C29H38N2O4. The number of carboxylic acid groups (broad SMARTS) is 1. The van der Waals surface area contributed by atoms with Gasteiger partial charge >= 0.3 is 5.97 Å². The topological polar surface area (TPSA) is 79.2 Å². The summed E-state index contributed by atoms with van der Waals surface area (Å²) in [6.45, 7) is 4.67. The van der Waals surface area contributed by atoms with E-state index >= 15 is 0 Å². The second-order valence-corrected chi connectivity index (χ2v) is 12.2. The Hall–Kier alpha value is -2.21. The maximum Gasteiger partial charge on any atom is 0.306 e. The van der Waals surface area contributed by atoms with Crippen molar-refractivity contribution in [3.05, 3.63) is 35.4 Å². The number of ether oxygens (including phenoxy) is 1. The number of aliphatic carboxylic acids is 1. The van der Waals surface area contributed by atoms with Crippen molar-refractivity contribution in [3.8, 4) is 0 Å². The van der Waals surface area contributed by atoms with Crippen LogP contribution in [0.2, 0.25) is 0 Å². The molecule has 3 heterocycles. The third-order valence-electron chi connectivity index (χ3n) is 10.0. The lowest BCUT2D eigenvalue weighted by atomic mass is 9.59. The zero-order valence-electron chi connectivity index (χ0n) is 20.8. The van der Waals surface area contributed by atoms with E-state index in [0.717, 1.165) is 64.6 Å². The molecule has 3 aliphatic heterocycles. The lowest BCUT2D eigenvalue weighted by Crippen LogP contribution is -2.46. The van der Waals surface area contributed by atoms with Crippen molar-refractivity contribution in [2.45, 2.75) is 88.7 Å². The first-order chi connectivity index (χ1) is 16.9. The molecule has 188 valence electrons. The molecule has 1 aromatic carbocycles. The van der Waals surface area contributed by atoms with Gasteiger partial charge in [0.05, 0.1) is 12.0 Å². The highest BCUT2D eigenvalue weighted by Crippen LogP contribution is 2.65. The Bertz CT molecular complexity index is 1010. The van der Waals surface area contributed by atoms with Gasteiger partial charge in [0.1, 0.15) is 6.10 Å². The zero-order chi connectivity index (χ0) is 24.2. The number of aliphatic imine (C=N–C) groups is 1. The molecule has 1 amide bonds. The smallest absolute Gasteiger partial charge is 0.306 e. The highest BCUT2D eigenvalue weighted by atomic mass is 16.5. The quantitative estimate of drug-likeness (QED) is 0.676. The minimum atomic E-state index is -0.662. The maximum atomic E-state index is 12.7. The van der Waals surface area contributed by atoms with Gasteiger partial charge in [0.25, 0.3) is 5.91 Å². The van der Waals surface area contributed by atoms with Crippen molar-refractivity contribution in [2.24, 2.45) is 21.7 Å². The first kappa shape index (κ1) is 23.2. The van der Waals surface area contributed by atoms with E-state index in [4.69, 9.17) is 9.73 Å². The van der Waals surface area contributed by atoms with Gasteiger partial charge in [-0.1, -0.05) is 31.2 Å². The summed E-state index contributed by atoms with van der Waals surface area (Å²) in [6.07, 6.45) is 10.5. The molecule has 5 aliphatic rings. The molecular weight excluding hydrogens is 440 g/mol. The molecule has 1 aromatic rings. The summed E-state index contributed by atoms with van der Waals surface area (Å²) in [7, 11) is 0. The van der Waals surface area contributed by atoms with E-state index in [1.807, 2.05) is 4.90 Å². The van der Waals surface area contributed by atoms with E-state index in [0.29, 0.717) is 17.8 Å². The van der Waals surface area contributed by atoms with Crippen LogP contribution in [0.4, 0.5) is 0 Å². The summed E-state index contributed by atoms with van der Waals surface area (Å²) >= 11 is 0. The number of hydrogen-bond donors (Lipinski definition) is 1. The number of carbonyl (C=O) groups excluding carboxylic acids is 1. The van der Waals surface area contributed by atoms with Gasteiger partial charge in [0.2, 0.25) is 0 Å². The number of nitrogens with zero attached hydrogens (tertiary/aromatic N) is 2. The number of amides is 1. The number of carbonyl (C=O) groups is 2. The minimum absolute atomic E-state index is 0.0328. The Balaban J connectivity index is 1.13. The fourth-order valence-electron chi connectivity index (χ4n) is 7.81. The molecule has 0 bridgehead atoms. The van der Waals surface area contributed by atoms with E-state index in [1.54, 1.807) is 0 Å². The van der Waals surface area contributed by atoms with Gasteiger partial charge in [0, 0.05) is 25.6 Å². The Labute approximate surface area is 208 Å². The van der Waals surface area contributed by atoms with E-state index in [9.17, 15) is 14.7 Å². The van der Waals surface area contributed by atoms with Crippen LogP contribution in [0.1, 0.15) is 87.7 Å². The van der Waals surface area contributed by atoms with Crippen molar-refractivity contribution >= 4 is 18.1 Å². The van der Waals surface area contributed by atoms with Gasteiger partial charge in [-0.3, -0.25) is 14.6 Å². The number of benzene rings is 1. The van der Waals surface area contributed by atoms with Crippen molar-refractivity contribution < 1.29 is 19.4 Å². The number of piperidine rings is 1. The van der Waals surface area contributed by atoms with Crippen LogP contribution in [0.3, 0.4) is 0 Å². The molecule has 4 unspecified atom stereocenters. The first-order valence-electron chi connectivity index (χ1n) is 13.6. The molecule has 2 saturated heterocycles. The first-order valence-corrected chi connectivity index (χ1v) is 13.6. The molecule has 35 heavy (non-hydrogen) atoms. The second-order valence-electron chi connectivity index (χ2n) is 12.2. The lowest BCUT2D eigenvalue weighted by molar-refractivity contribution is -0.145. The summed E-state index contributed by atoms with van der Waals surface area (Å²) in [5.41, 5.74) is 2.95. The maximum absolute atomic E-state index is 12.7. The summed E-state index contributed by atoms with van der Waals surface area (Å²) < 4.78 is 5.61. The molecule has 0 radical (unpaired) electrons. The number of hydrogen-bond acceptors (Lipinski definition) is 4. The number of carboxylic acids is 1. The molecule has 6 atom stereocenters. The highest BCUT2D eigenvalue weighted by Gasteiger charge is 2.56. The Morgan fingerprint density at radius 1 is 1.09 bits per heavy atom. The molecule has 1 spiro atoms. The lowest BCUT2D eigenvalue weighted by Gasteiger charge is -2.48. The normalized spacial score (nSPS) is 37.7. The summed E-state index contributed by atoms with van der Waals surface area (Å²) in [6, 6.07) is 9.24. The number of fused-ring (bicyclic) bond motifs is 1. The van der Waals surface area contributed by atoms with Crippen LogP contribution in [-0.2, 0) is 14.3 Å². The van der Waals surface area contributed by atoms with Crippen LogP contribution in [0.25, 0.3) is 0 Å². The van der Waals surface area contributed by atoms with Gasteiger partial charge in [0.15, 0.2) is 0 Å². The summed E-state index contributed by atoms with van der Waals surface area (Å²) in [5, 5.41) is 9.82. The molecule has 1 N–H and O–H groups in total. The molecule has 4 fully saturated rings. The van der Waals surface area contributed by atoms with Crippen LogP contribution < -0.4 is 0 Å². The third kappa shape index (κ3) is 4.12. The van der Waals surface area contributed by atoms with E-state index in [-0.39, 0.29) is 35.3 Å². The average molecular weight is 479 g/mol. The largest absolute Gasteiger partial charge is 0.481 e. The van der Waals surface area contributed by atoms with E-state index in [1.165, 1.54) is 17.5 Å². The standard InChI is InChI=1S/C29H38N2O4/c1-28-9-3-12-30-25(28)22(16-21(17-28)27(33)34)19-5-7-20(8-6-19)23-18-29(23)10-13-31(14-11-29)26(32)24-4-2-15-35-24/h5-8,12,21-25H,2-4,9-11,13-18H2,1H3,(H,33,34)/t21?,22?,23-,24-,25?,28?/m1/s1. The molecule has 6 rings (SSSR count). The van der Waals surface area contributed by atoms with Gasteiger partial charge in [-0.2, -0.15) is 0 Å². The Kier molecular flexibility index (Phi) is 5.78. The summed E-state index contributed by atoms with van der Waals surface area (Å²) in [5.74, 6) is -0.00902. The van der Waals surface area contributed by atoms with Gasteiger partial charge in [-0.25, -0.2) is 0 Å². The molecule has 2 aliphatic carbocycles. The fraction of sp³-hybridized carbons (Fsp3) is 0.690. The Morgan fingerprint density at radius 2 is 1.83 bits per heavy atom. The van der Waals surface area contributed by atoms with Gasteiger partial charge in [-0.05, 0) is 91.9 Å². The monoisotopic (exact) mass is 478 g/mol. The molecule has 6 nitrogen and oxygen atoms in total. The number of likely N-dealkylation sites (tertiary alicyclic amines) is 1. The van der Waals surface area contributed by atoms with Gasteiger partial charge < -0.3 is 14.7 Å². The van der Waals surface area contributed by atoms with Crippen LogP contribution in [0, 0.1) is 16.7 Å². The van der Waals surface area contributed by atoms with Crippen molar-refractivity contribution in [3.63, 3.8) is 0 Å². The van der Waals surface area contributed by atoms with Crippen molar-refractivity contribution in [1.82, 2.24) is 4.90 Å². The van der Waals surface area contributed by atoms with Crippen LogP contribution in [0.5, 0.6) is 0 Å². The molecule has 6 heteroatoms. The zero-order valence-corrected chi connectivity index (χ0v) is 20.8. The predicted octanol–water partition coefficient (Wildman–Crippen LogP) is 4.78. The summed E-state index contributed by atoms with van der Waals surface area (Å²) in [4.78, 5) is 31.6. The Morgan fingerprint density at radius 3 is 2.51 bits per heavy atom. The van der Waals surface area contributed by atoms with E-state index in [2.05, 4.69) is 37.4 Å².